The first-order chi connectivity index (χ1) is 7.45. The van der Waals surface area contributed by atoms with Gasteiger partial charge in [-0.25, -0.2) is 0 Å². The fourth-order valence-electron chi connectivity index (χ4n) is 3.36. The van der Waals surface area contributed by atoms with Crippen LogP contribution in [-0.4, -0.2) is 10.7 Å². The normalized spacial score (nSPS) is 39.1. The van der Waals surface area contributed by atoms with Crippen molar-refractivity contribution in [3.8, 4) is 0 Å². The lowest BCUT2D eigenvalue weighted by molar-refractivity contribution is -0.0648. The van der Waals surface area contributed by atoms with Gasteiger partial charge in [-0.15, -0.1) is 0 Å². The van der Waals surface area contributed by atoms with Crippen LogP contribution in [0.1, 0.15) is 53.4 Å². The van der Waals surface area contributed by atoms with Crippen molar-refractivity contribution in [1.82, 2.24) is 0 Å². The topological polar surface area (TPSA) is 20.2 Å². The van der Waals surface area contributed by atoms with Crippen LogP contribution < -0.4 is 0 Å². The molecule has 1 nitrogen and oxygen atoms in total. The maximum Gasteiger partial charge on any atom is 0.0775 e. The maximum absolute atomic E-state index is 10.9. The van der Waals surface area contributed by atoms with Crippen molar-refractivity contribution >= 4 is 0 Å². The molecule has 1 saturated carbocycles. The molecular formula is C15H24O. The molecule has 0 heterocycles. The molecule has 0 aliphatic heterocycles. The van der Waals surface area contributed by atoms with Gasteiger partial charge < -0.3 is 5.11 Å². The van der Waals surface area contributed by atoms with Crippen LogP contribution in [0.25, 0.3) is 0 Å². The molecule has 2 aliphatic carbocycles. The Hall–Kier alpha value is -0.560. The zero-order valence-corrected chi connectivity index (χ0v) is 11.0. The van der Waals surface area contributed by atoms with Crippen molar-refractivity contribution < 1.29 is 5.11 Å². The number of aliphatic hydroxyl groups is 1. The summed E-state index contributed by atoms with van der Waals surface area (Å²) in [6, 6.07) is 0. The lowest BCUT2D eigenvalue weighted by Crippen LogP contribution is -2.49. The predicted molar refractivity (Wildman–Crippen MR) is 68.2 cm³/mol. The number of allylic oxidation sites excluding steroid dienone is 2. The maximum atomic E-state index is 10.9. The third kappa shape index (κ3) is 1.75. The first-order valence-corrected chi connectivity index (χ1v) is 6.51. The van der Waals surface area contributed by atoms with Crippen LogP contribution in [0.5, 0.6) is 0 Å². The van der Waals surface area contributed by atoms with Gasteiger partial charge >= 0.3 is 0 Å². The van der Waals surface area contributed by atoms with Crippen molar-refractivity contribution in [2.45, 2.75) is 59.0 Å². The number of hydrogen-bond acceptors (Lipinski definition) is 1. The molecule has 90 valence electrons. The minimum atomic E-state index is -0.468. The quantitative estimate of drug-likeness (QED) is 0.615. The molecule has 3 unspecified atom stereocenters. The molecule has 0 spiro atoms. The second kappa shape index (κ2) is 4.03. The Bertz CT molecular complexity index is 346. The average molecular weight is 220 g/mol. The zero-order valence-electron chi connectivity index (χ0n) is 11.0. The van der Waals surface area contributed by atoms with Crippen LogP contribution in [0.2, 0.25) is 0 Å². The zero-order chi connectivity index (χ0) is 11.9. The van der Waals surface area contributed by atoms with Gasteiger partial charge in [0.25, 0.3) is 0 Å². The lowest BCUT2D eigenvalue weighted by atomic mass is 9.61. The third-order valence-electron chi connectivity index (χ3n) is 4.63. The average Bonchev–Trinajstić information content (AvgIpc) is 2.21. The van der Waals surface area contributed by atoms with Crippen LogP contribution in [0, 0.1) is 11.8 Å². The molecule has 1 fully saturated rings. The molecule has 1 heteroatoms. The fourth-order valence-corrected chi connectivity index (χ4v) is 3.36. The van der Waals surface area contributed by atoms with Crippen molar-refractivity contribution in [2.24, 2.45) is 11.8 Å². The molecule has 0 aromatic carbocycles. The van der Waals surface area contributed by atoms with Crippen LogP contribution in [0.15, 0.2) is 22.8 Å². The summed E-state index contributed by atoms with van der Waals surface area (Å²) in [6.07, 6.45) is 6.63. The Morgan fingerprint density at radius 1 is 1.38 bits per heavy atom. The van der Waals surface area contributed by atoms with E-state index in [-0.39, 0.29) is 5.92 Å². The molecule has 0 saturated heterocycles. The number of fused-ring (bicyclic) bond motifs is 1. The molecule has 3 atom stereocenters. The van der Waals surface area contributed by atoms with Gasteiger partial charge in [0, 0.05) is 5.92 Å². The summed E-state index contributed by atoms with van der Waals surface area (Å²) in [5.74, 6) is 0.722. The van der Waals surface area contributed by atoms with Gasteiger partial charge in [0.2, 0.25) is 0 Å². The van der Waals surface area contributed by atoms with Crippen LogP contribution >= 0.6 is 0 Å². The van der Waals surface area contributed by atoms with E-state index in [9.17, 15) is 5.11 Å². The van der Waals surface area contributed by atoms with Crippen molar-refractivity contribution in [3.05, 3.63) is 22.8 Å². The summed E-state index contributed by atoms with van der Waals surface area (Å²) in [5, 5.41) is 10.9. The molecule has 16 heavy (non-hydrogen) atoms. The molecule has 0 amide bonds. The van der Waals surface area contributed by atoms with Crippen LogP contribution in [0.3, 0.4) is 0 Å². The van der Waals surface area contributed by atoms with Crippen molar-refractivity contribution in [2.75, 3.05) is 0 Å². The Kier molecular flexibility index (Phi) is 3.00. The molecule has 2 aliphatic rings. The summed E-state index contributed by atoms with van der Waals surface area (Å²) in [5.41, 5.74) is 3.87. The standard InChI is InChI=1S/C15H24O/c1-10(2)13-6-5-12(4)15(16)8-7-11(3)9-14(13)15/h9,12,14,16H,5-8H2,1-4H3. The molecule has 2 rings (SSSR count). The highest BCUT2D eigenvalue weighted by molar-refractivity contribution is 5.30. The van der Waals surface area contributed by atoms with Crippen molar-refractivity contribution in [3.63, 3.8) is 0 Å². The van der Waals surface area contributed by atoms with E-state index in [4.69, 9.17) is 0 Å². The summed E-state index contributed by atoms with van der Waals surface area (Å²) in [4.78, 5) is 0. The molecule has 0 radical (unpaired) electrons. The van der Waals surface area contributed by atoms with Gasteiger partial charge in [0.05, 0.1) is 5.60 Å². The summed E-state index contributed by atoms with van der Waals surface area (Å²) < 4.78 is 0. The Morgan fingerprint density at radius 2 is 2.06 bits per heavy atom. The van der Waals surface area contributed by atoms with E-state index in [2.05, 4.69) is 33.8 Å². The Morgan fingerprint density at radius 3 is 2.69 bits per heavy atom. The van der Waals surface area contributed by atoms with E-state index in [0.717, 1.165) is 19.3 Å². The van der Waals surface area contributed by atoms with Crippen molar-refractivity contribution in [1.29, 1.82) is 0 Å². The lowest BCUT2D eigenvalue weighted by Gasteiger charge is -2.48. The summed E-state index contributed by atoms with van der Waals surface area (Å²) >= 11 is 0. The molecule has 0 aromatic heterocycles. The van der Waals surface area contributed by atoms with Gasteiger partial charge in [-0.1, -0.05) is 29.7 Å². The highest BCUT2D eigenvalue weighted by Crippen LogP contribution is 2.48. The number of hydrogen-bond donors (Lipinski definition) is 1. The van der Waals surface area contributed by atoms with Gasteiger partial charge in [-0.2, -0.15) is 0 Å². The van der Waals surface area contributed by atoms with Gasteiger partial charge in [-0.05, 0) is 52.4 Å². The van der Waals surface area contributed by atoms with Gasteiger partial charge in [-0.3, -0.25) is 0 Å². The minimum Gasteiger partial charge on any atom is -0.389 e. The molecular weight excluding hydrogens is 196 g/mol. The smallest absolute Gasteiger partial charge is 0.0775 e. The van der Waals surface area contributed by atoms with Gasteiger partial charge in [0.1, 0.15) is 0 Å². The van der Waals surface area contributed by atoms with Gasteiger partial charge in [0.15, 0.2) is 0 Å². The highest BCUT2D eigenvalue weighted by Gasteiger charge is 2.46. The minimum absolute atomic E-state index is 0.287. The third-order valence-corrected chi connectivity index (χ3v) is 4.63. The van der Waals surface area contributed by atoms with E-state index in [1.807, 2.05) is 0 Å². The van der Waals surface area contributed by atoms with Crippen LogP contribution in [0.4, 0.5) is 0 Å². The second-order valence-electron chi connectivity index (χ2n) is 5.95. The summed E-state index contributed by atoms with van der Waals surface area (Å²) in [6.45, 7) is 8.78. The van der Waals surface area contributed by atoms with E-state index in [0.29, 0.717) is 5.92 Å². The monoisotopic (exact) mass is 220 g/mol. The Labute approximate surface area is 99.3 Å². The molecule has 0 aromatic rings. The SMILES string of the molecule is CC1=CC2C(=C(C)C)CCC(C)C2(O)CC1. The van der Waals surface area contributed by atoms with Crippen LogP contribution in [-0.2, 0) is 0 Å². The highest BCUT2D eigenvalue weighted by atomic mass is 16.3. The largest absolute Gasteiger partial charge is 0.389 e. The summed E-state index contributed by atoms with van der Waals surface area (Å²) in [7, 11) is 0. The molecule has 1 N–H and O–H groups in total. The molecule has 0 bridgehead atoms. The van der Waals surface area contributed by atoms with E-state index in [1.165, 1.54) is 23.1 Å². The van der Waals surface area contributed by atoms with E-state index < -0.39 is 5.60 Å². The second-order valence-corrected chi connectivity index (χ2v) is 5.95. The fraction of sp³-hybridized carbons (Fsp3) is 0.733. The predicted octanol–water partition coefficient (Wildman–Crippen LogP) is 3.84. The van der Waals surface area contributed by atoms with E-state index >= 15 is 0 Å². The Balaban J connectivity index is 2.45. The van der Waals surface area contributed by atoms with E-state index in [1.54, 1.807) is 0 Å². The number of rotatable bonds is 0. The first kappa shape index (κ1) is 11.9. The first-order valence-electron chi connectivity index (χ1n) is 6.51.